The van der Waals surface area contributed by atoms with Crippen LogP contribution in [0.25, 0.3) is 0 Å². The van der Waals surface area contributed by atoms with Gasteiger partial charge in [-0.05, 0) is 34.5 Å². The lowest BCUT2D eigenvalue weighted by atomic mass is 10.2. The van der Waals surface area contributed by atoms with Crippen LogP contribution in [0.5, 0.6) is 0 Å². The molecule has 0 radical (unpaired) electrons. The maximum atomic E-state index is 4.09. The summed E-state index contributed by atoms with van der Waals surface area (Å²) in [7, 11) is 0. The molecule has 0 saturated carbocycles. The van der Waals surface area contributed by atoms with Gasteiger partial charge in [-0.2, -0.15) is 0 Å². The van der Waals surface area contributed by atoms with Gasteiger partial charge in [-0.25, -0.2) is 4.98 Å². The summed E-state index contributed by atoms with van der Waals surface area (Å²) in [6.07, 6.45) is 1.85. The van der Waals surface area contributed by atoms with Gasteiger partial charge in [-0.1, -0.05) is 22.0 Å². The van der Waals surface area contributed by atoms with Gasteiger partial charge in [0.05, 0.1) is 0 Å². The van der Waals surface area contributed by atoms with E-state index >= 15 is 0 Å². The number of hydrogen-bond acceptors (Lipinski definition) is 1. The van der Waals surface area contributed by atoms with Crippen LogP contribution < -0.4 is 0 Å². The maximum absolute atomic E-state index is 4.09. The van der Waals surface area contributed by atoms with E-state index in [-0.39, 0.29) is 0 Å². The quantitative estimate of drug-likeness (QED) is 0.560. The number of halogens is 2. The van der Waals surface area contributed by atoms with Crippen LogP contribution in [0.2, 0.25) is 0 Å². The molecular weight excluding hydrogens is 258 g/mol. The number of rotatable bonds is 1. The predicted octanol–water partition coefficient (Wildman–Crippen LogP) is 3.30. The average Bonchev–Trinajstić information content (AvgIpc) is 1.88. The lowest BCUT2D eigenvalue weighted by Gasteiger charge is -2.00. The van der Waals surface area contributed by atoms with Crippen LogP contribution in [0.3, 0.4) is 0 Å². The van der Waals surface area contributed by atoms with Crippen molar-refractivity contribution < 1.29 is 0 Å². The summed E-state index contributed by atoms with van der Waals surface area (Å²) >= 11 is 6.72. The van der Waals surface area contributed by atoms with Gasteiger partial charge in [0.15, 0.2) is 0 Å². The fraction of sp³-hybridized carbons (Fsp3) is 0.286. The average molecular weight is 265 g/mol. The van der Waals surface area contributed by atoms with Gasteiger partial charge in [0, 0.05) is 11.0 Å². The Bertz CT molecular complexity index is 205. The number of hydrogen-bond donors (Lipinski definition) is 0. The minimum absolute atomic E-state index is 0.382. The highest BCUT2D eigenvalue weighted by Crippen LogP contribution is 2.21. The van der Waals surface area contributed by atoms with E-state index in [4.69, 9.17) is 0 Å². The molecule has 0 bridgehead atoms. The van der Waals surface area contributed by atoms with E-state index in [0.717, 1.165) is 4.60 Å². The third-order valence-electron chi connectivity index (χ3n) is 1.21. The molecule has 1 atom stereocenters. The summed E-state index contributed by atoms with van der Waals surface area (Å²) in [6, 6.07) is 3.98. The Morgan fingerprint density at radius 3 is 2.60 bits per heavy atom. The molecule has 0 saturated heterocycles. The zero-order valence-electron chi connectivity index (χ0n) is 5.51. The normalized spacial score (nSPS) is 13.1. The Morgan fingerprint density at radius 1 is 1.50 bits per heavy atom. The molecule has 10 heavy (non-hydrogen) atoms. The Labute approximate surface area is 77.1 Å². The molecule has 0 fully saturated rings. The summed E-state index contributed by atoms with van der Waals surface area (Å²) in [5, 5.41) is 0. The standard InChI is InChI=1S/C7H7Br2N/c1-5(8)6-2-3-7(9)10-4-6/h2-5H,1H3. The van der Waals surface area contributed by atoms with Gasteiger partial charge in [0.1, 0.15) is 4.60 Å². The van der Waals surface area contributed by atoms with E-state index in [0.29, 0.717) is 4.83 Å². The van der Waals surface area contributed by atoms with Crippen molar-refractivity contribution in [3.05, 3.63) is 28.5 Å². The first-order chi connectivity index (χ1) is 4.70. The van der Waals surface area contributed by atoms with E-state index in [2.05, 4.69) is 43.8 Å². The summed E-state index contributed by atoms with van der Waals surface area (Å²) in [6.45, 7) is 2.07. The van der Waals surface area contributed by atoms with Gasteiger partial charge >= 0.3 is 0 Å². The highest BCUT2D eigenvalue weighted by atomic mass is 79.9. The van der Waals surface area contributed by atoms with Crippen molar-refractivity contribution in [3.63, 3.8) is 0 Å². The first-order valence-corrected chi connectivity index (χ1v) is 4.66. The van der Waals surface area contributed by atoms with Crippen molar-refractivity contribution in [2.45, 2.75) is 11.8 Å². The molecule has 0 aliphatic heterocycles. The van der Waals surface area contributed by atoms with E-state index in [1.807, 2.05) is 18.3 Å². The molecule has 1 aromatic heterocycles. The van der Waals surface area contributed by atoms with Crippen LogP contribution in [-0.4, -0.2) is 4.98 Å². The molecule has 1 unspecified atom stereocenters. The summed E-state index contributed by atoms with van der Waals surface area (Å²) in [5.74, 6) is 0. The molecule has 3 heteroatoms. The van der Waals surface area contributed by atoms with Gasteiger partial charge in [-0.3, -0.25) is 0 Å². The number of pyridine rings is 1. The van der Waals surface area contributed by atoms with Crippen molar-refractivity contribution in [1.82, 2.24) is 4.98 Å². The fourth-order valence-corrected chi connectivity index (χ4v) is 1.13. The summed E-state index contributed by atoms with van der Waals surface area (Å²) < 4.78 is 0.879. The van der Waals surface area contributed by atoms with Gasteiger partial charge in [-0.15, -0.1) is 0 Å². The second-order valence-electron chi connectivity index (χ2n) is 2.03. The molecular formula is C7H7Br2N. The lowest BCUT2D eigenvalue weighted by molar-refractivity contribution is 1.08. The first kappa shape index (κ1) is 8.21. The van der Waals surface area contributed by atoms with Gasteiger partial charge in [0.2, 0.25) is 0 Å². The molecule has 0 N–H and O–H groups in total. The van der Waals surface area contributed by atoms with Crippen molar-refractivity contribution in [2.24, 2.45) is 0 Å². The van der Waals surface area contributed by atoms with Crippen molar-refractivity contribution in [1.29, 1.82) is 0 Å². The largest absolute Gasteiger partial charge is 0.249 e. The SMILES string of the molecule is CC(Br)c1ccc(Br)nc1. The van der Waals surface area contributed by atoms with Gasteiger partial charge < -0.3 is 0 Å². The zero-order valence-corrected chi connectivity index (χ0v) is 8.68. The zero-order chi connectivity index (χ0) is 7.56. The highest BCUT2D eigenvalue weighted by Gasteiger charge is 1.98. The molecule has 1 heterocycles. The molecule has 0 amide bonds. The predicted molar refractivity (Wildman–Crippen MR) is 49.3 cm³/mol. The van der Waals surface area contributed by atoms with E-state index < -0.39 is 0 Å². The van der Waals surface area contributed by atoms with Crippen LogP contribution in [0.1, 0.15) is 17.3 Å². The summed E-state index contributed by atoms with van der Waals surface area (Å²) in [5.41, 5.74) is 1.20. The Kier molecular flexibility index (Phi) is 2.86. The number of aromatic nitrogens is 1. The van der Waals surface area contributed by atoms with Crippen LogP contribution in [0.4, 0.5) is 0 Å². The van der Waals surface area contributed by atoms with Crippen molar-refractivity contribution >= 4 is 31.9 Å². The molecule has 1 nitrogen and oxygen atoms in total. The molecule has 0 spiro atoms. The Balaban J connectivity index is 2.89. The second-order valence-corrected chi connectivity index (χ2v) is 4.22. The van der Waals surface area contributed by atoms with Crippen molar-refractivity contribution in [3.8, 4) is 0 Å². The third kappa shape index (κ3) is 2.06. The van der Waals surface area contributed by atoms with E-state index in [1.54, 1.807) is 0 Å². The Morgan fingerprint density at radius 2 is 2.20 bits per heavy atom. The van der Waals surface area contributed by atoms with E-state index in [9.17, 15) is 0 Å². The topological polar surface area (TPSA) is 12.9 Å². The minimum Gasteiger partial charge on any atom is -0.249 e. The smallest absolute Gasteiger partial charge is 0.106 e. The second kappa shape index (κ2) is 3.49. The van der Waals surface area contributed by atoms with E-state index in [1.165, 1.54) is 5.56 Å². The minimum atomic E-state index is 0.382. The van der Waals surface area contributed by atoms with Crippen molar-refractivity contribution in [2.75, 3.05) is 0 Å². The lowest BCUT2D eigenvalue weighted by Crippen LogP contribution is -1.84. The van der Waals surface area contributed by atoms with Crippen LogP contribution in [0.15, 0.2) is 22.9 Å². The monoisotopic (exact) mass is 263 g/mol. The molecule has 1 rings (SSSR count). The molecule has 0 aliphatic rings. The molecule has 1 aromatic rings. The molecule has 0 aliphatic carbocycles. The number of nitrogens with zero attached hydrogens (tertiary/aromatic N) is 1. The summed E-state index contributed by atoms with van der Waals surface area (Å²) in [4.78, 5) is 4.47. The van der Waals surface area contributed by atoms with Crippen LogP contribution in [0, 0.1) is 0 Å². The van der Waals surface area contributed by atoms with Crippen LogP contribution in [-0.2, 0) is 0 Å². The first-order valence-electron chi connectivity index (χ1n) is 2.95. The molecule has 0 aromatic carbocycles. The molecule has 54 valence electrons. The number of alkyl halides is 1. The Hall–Kier alpha value is 0.110. The highest BCUT2D eigenvalue weighted by molar-refractivity contribution is 9.10. The third-order valence-corrected chi connectivity index (χ3v) is 2.21. The van der Waals surface area contributed by atoms with Crippen LogP contribution >= 0.6 is 31.9 Å². The maximum Gasteiger partial charge on any atom is 0.106 e. The van der Waals surface area contributed by atoms with Gasteiger partial charge in [0.25, 0.3) is 0 Å². The fourth-order valence-electron chi connectivity index (χ4n) is 0.623.